The summed E-state index contributed by atoms with van der Waals surface area (Å²) in [4.78, 5) is 2.32. The largest absolute Gasteiger partial charge is 0.349 e. The minimum Gasteiger partial charge on any atom is -0.349 e. The van der Waals surface area contributed by atoms with E-state index in [1.54, 1.807) is 0 Å². The van der Waals surface area contributed by atoms with Crippen molar-refractivity contribution in [1.29, 1.82) is 0 Å². The minimum absolute atomic E-state index is 0.137. The number of nitrogens with zero attached hydrogens (tertiary/aromatic N) is 2. The van der Waals surface area contributed by atoms with Gasteiger partial charge in [0, 0.05) is 47.6 Å². The summed E-state index contributed by atoms with van der Waals surface area (Å²) in [6.07, 6.45) is 2.11. The second-order valence-corrected chi connectivity index (χ2v) is 5.92. The van der Waals surface area contributed by atoms with E-state index in [4.69, 9.17) is 0 Å². The number of rotatable bonds is 2. The van der Waals surface area contributed by atoms with E-state index >= 15 is 0 Å². The van der Waals surface area contributed by atoms with E-state index in [2.05, 4.69) is 50.7 Å². The van der Waals surface area contributed by atoms with Crippen LogP contribution in [0.5, 0.6) is 0 Å². The second kappa shape index (κ2) is 5.10. The smallest absolute Gasteiger partial charge is 0.128 e. The van der Waals surface area contributed by atoms with Crippen LogP contribution < -0.4 is 0 Å². The molecule has 0 saturated carbocycles. The number of aromatic nitrogens is 1. The molecule has 0 N–H and O–H groups in total. The fourth-order valence-corrected chi connectivity index (χ4v) is 3.04. The van der Waals surface area contributed by atoms with Crippen molar-refractivity contribution in [1.82, 2.24) is 9.47 Å². The highest BCUT2D eigenvalue weighted by atomic mass is 79.9. The van der Waals surface area contributed by atoms with Gasteiger partial charge in [0.1, 0.15) is 5.82 Å². The number of halogens is 2. The maximum atomic E-state index is 13.9. The Hall–Kier alpha value is -1.13. The van der Waals surface area contributed by atoms with Crippen molar-refractivity contribution in [3.05, 3.63) is 58.1 Å². The number of hydrogen-bond donors (Lipinski definition) is 0. The first kappa shape index (κ1) is 12.9. The summed E-state index contributed by atoms with van der Waals surface area (Å²) >= 11 is 3.29. The Morgan fingerprint density at radius 2 is 2.16 bits per heavy atom. The molecule has 1 unspecified atom stereocenters. The molecule has 1 aromatic heterocycles. The zero-order chi connectivity index (χ0) is 13.4. The zero-order valence-electron chi connectivity index (χ0n) is 10.8. The molecule has 1 aliphatic heterocycles. The van der Waals surface area contributed by atoms with Gasteiger partial charge in [-0.1, -0.05) is 22.0 Å². The van der Waals surface area contributed by atoms with Gasteiger partial charge in [-0.25, -0.2) is 4.39 Å². The molecular formula is C15H16BrFN2. The number of benzene rings is 1. The molecule has 19 heavy (non-hydrogen) atoms. The fourth-order valence-electron chi connectivity index (χ4n) is 2.71. The van der Waals surface area contributed by atoms with Crippen LogP contribution in [-0.4, -0.2) is 16.0 Å². The molecule has 2 nitrogen and oxygen atoms in total. The van der Waals surface area contributed by atoms with Crippen LogP contribution in [-0.2, 0) is 13.1 Å². The van der Waals surface area contributed by atoms with Crippen LogP contribution in [0.4, 0.5) is 4.39 Å². The van der Waals surface area contributed by atoms with Crippen molar-refractivity contribution >= 4 is 15.9 Å². The van der Waals surface area contributed by atoms with Gasteiger partial charge in [-0.15, -0.1) is 0 Å². The molecule has 1 aromatic carbocycles. The molecule has 0 bridgehead atoms. The van der Waals surface area contributed by atoms with Crippen molar-refractivity contribution in [2.24, 2.45) is 0 Å². The topological polar surface area (TPSA) is 8.17 Å². The van der Waals surface area contributed by atoms with Crippen LogP contribution in [0.1, 0.15) is 24.2 Å². The molecule has 100 valence electrons. The lowest BCUT2D eigenvalue weighted by molar-refractivity contribution is 0.159. The molecule has 2 heterocycles. The van der Waals surface area contributed by atoms with Gasteiger partial charge in [0.2, 0.25) is 0 Å². The highest BCUT2D eigenvalue weighted by Crippen LogP contribution is 2.27. The summed E-state index contributed by atoms with van der Waals surface area (Å²) < 4.78 is 17.0. The van der Waals surface area contributed by atoms with Crippen molar-refractivity contribution in [2.75, 3.05) is 6.54 Å². The van der Waals surface area contributed by atoms with Crippen molar-refractivity contribution in [2.45, 2.75) is 26.1 Å². The van der Waals surface area contributed by atoms with E-state index in [0.717, 1.165) is 23.1 Å². The number of hydrogen-bond acceptors (Lipinski definition) is 1. The lowest BCUT2D eigenvalue weighted by Gasteiger charge is -2.35. The summed E-state index contributed by atoms with van der Waals surface area (Å²) in [5.41, 5.74) is 2.07. The molecular weight excluding hydrogens is 307 g/mol. The van der Waals surface area contributed by atoms with E-state index in [1.165, 1.54) is 11.8 Å². The van der Waals surface area contributed by atoms with Crippen LogP contribution in [0.3, 0.4) is 0 Å². The van der Waals surface area contributed by atoms with Crippen molar-refractivity contribution in [3.63, 3.8) is 0 Å². The first-order chi connectivity index (χ1) is 9.15. The predicted molar refractivity (Wildman–Crippen MR) is 77.4 cm³/mol. The van der Waals surface area contributed by atoms with Gasteiger partial charge < -0.3 is 4.57 Å². The Kier molecular flexibility index (Phi) is 3.46. The molecule has 0 aliphatic carbocycles. The molecule has 1 atom stereocenters. The normalized spacial score (nSPS) is 19.4. The van der Waals surface area contributed by atoms with Gasteiger partial charge in [0.25, 0.3) is 0 Å². The summed E-state index contributed by atoms with van der Waals surface area (Å²) in [6.45, 7) is 4.77. The van der Waals surface area contributed by atoms with E-state index in [-0.39, 0.29) is 5.82 Å². The molecule has 1 aliphatic rings. The third kappa shape index (κ3) is 2.47. The SMILES string of the molecule is CC1c2cccn2CCN1Cc1ccc(Br)cc1F. The molecule has 4 heteroatoms. The van der Waals surface area contributed by atoms with Crippen molar-refractivity contribution < 1.29 is 4.39 Å². The van der Waals surface area contributed by atoms with Crippen LogP contribution in [0.15, 0.2) is 41.0 Å². The van der Waals surface area contributed by atoms with Gasteiger partial charge in [-0.2, -0.15) is 0 Å². The monoisotopic (exact) mass is 322 g/mol. The van der Waals surface area contributed by atoms with E-state index in [9.17, 15) is 4.39 Å². The first-order valence-electron chi connectivity index (χ1n) is 6.48. The third-order valence-corrected chi connectivity index (χ3v) is 4.35. The summed E-state index contributed by atoms with van der Waals surface area (Å²) in [5.74, 6) is -0.137. The van der Waals surface area contributed by atoms with E-state index in [0.29, 0.717) is 12.6 Å². The highest BCUT2D eigenvalue weighted by Gasteiger charge is 2.23. The maximum Gasteiger partial charge on any atom is 0.128 e. The van der Waals surface area contributed by atoms with Gasteiger partial charge in [0.05, 0.1) is 0 Å². The molecule has 0 saturated heterocycles. The Bertz CT molecular complexity index is 594. The summed E-state index contributed by atoms with van der Waals surface area (Å²) in [6, 6.07) is 9.85. The third-order valence-electron chi connectivity index (χ3n) is 3.86. The fraction of sp³-hybridized carbons (Fsp3) is 0.333. The summed E-state index contributed by atoms with van der Waals surface area (Å²) in [7, 11) is 0. The van der Waals surface area contributed by atoms with Gasteiger partial charge in [-0.3, -0.25) is 4.90 Å². The van der Waals surface area contributed by atoms with E-state index < -0.39 is 0 Å². The van der Waals surface area contributed by atoms with Crippen LogP contribution in [0.25, 0.3) is 0 Å². The Labute approximate surface area is 121 Å². The summed E-state index contributed by atoms with van der Waals surface area (Å²) in [5, 5.41) is 0. The lowest BCUT2D eigenvalue weighted by Crippen LogP contribution is -2.36. The minimum atomic E-state index is -0.137. The van der Waals surface area contributed by atoms with Crippen LogP contribution >= 0.6 is 15.9 Å². The first-order valence-corrected chi connectivity index (χ1v) is 7.27. The second-order valence-electron chi connectivity index (χ2n) is 5.01. The molecule has 0 amide bonds. The lowest BCUT2D eigenvalue weighted by atomic mass is 10.1. The average Bonchev–Trinajstić information content (AvgIpc) is 2.85. The van der Waals surface area contributed by atoms with E-state index in [1.807, 2.05) is 12.1 Å². The van der Waals surface area contributed by atoms with Gasteiger partial charge in [0.15, 0.2) is 0 Å². The Morgan fingerprint density at radius 3 is 2.95 bits per heavy atom. The molecule has 2 aromatic rings. The predicted octanol–water partition coefficient (Wildman–Crippen LogP) is 3.97. The quantitative estimate of drug-likeness (QED) is 0.812. The van der Waals surface area contributed by atoms with Crippen LogP contribution in [0, 0.1) is 5.82 Å². The Balaban J connectivity index is 1.81. The van der Waals surface area contributed by atoms with Crippen molar-refractivity contribution in [3.8, 4) is 0 Å². The molecule has 0 radical (unpaired) electrons. The number of fused-ring (bicyclic) bond motifs is 1. The maximum absolute atomic E-state index is 13.9. The Morgan fingerprint density at radius 1 is 1.32 bits per heavy atom. The molecule has 0 spiro atoms. The molecule has 3 rings (SSSR count). The van der Waals surface area contributed by atoms with Crippen LogP contribution in [0.2, 0.25) is 0 Å². The average molecular weight is 323 g/mol. The van der Waals surface area contributed by atoms with Gasteiger partial charge >= 0.3 is 0 Å². The molecule has 0 fully saturated rings. The highest BCUT2D eigenvalue weighted by molar-refractivity contribution is 9.10. The zero-order valence-corrected chi connectivity index (χ0v) is 12.4. The standard InChI is InChI=1S/C15H16BrFN2/c1-11-15-3-2-6-18(15)7-8-19(11)10-12-4-5-13(16)9-14(12)17/h2-6,9,11H,7-8,10H2,1H3. The van der Waals surface area contributed by atoms with Gasteiger partial charge in [-0.05, 0) is 31.2 Å².